The average molecular weight is 264 g/mol. The second-order valence-corrected chi connectivity index (χ2v) is 3.61. The number of carboxylic acid groups (broad SMARTS) is 1. The number of hydrogen-bond donors (Lipinski definition) is 1. The predicted molar refractivity (Wildman–Crippen MR) is 86.3 cm³/mol. The first-order chi connectivity index (χ1) is 9.01. The maximum absolute atomic E-state index is 9.86. The van der Waals surface area contributed by atoms with E-state index in [0.29, 0.717) is 5.57 Å². The van der Waals surface area contributed by atoms with E-state index >= 15 is 0 Å². The third-order valence-corrected chi connectivity index (χ3v) is 2.00. The second-order valence-electron chi connectivity index (χ2n) is 3.61. The fraction of sp³-hybridized carbons (Fsp3) is 0.353. The van der Waals surface area contributed by atoms with Gasteiger partial charge in [-0.1, -0.05) is 43.5 Å². The van der Waals surface area contributed by atoms with Crippen LogP contribution in [0.5, 0.6) is 0 Å². The number of carbonyl (C=O) groups is 1. The van der Waals surface area contributed by atoms with Gasteiger partial charge in [0.05, 0.1) is 0 Å². The van der Waals surface area contributed by atoms with Crippen molar-refractivity contribution in [3.8, 4) is 0 Å². The summed E-state index contributed by atoms with van der Waals surface area (Å²) in [5.41, 5.74) is 0.389. The highest BCUT2D eigenvalue weighted by molar-refractivity contribution is 5.85. The molecule has 0 aliphatic rings. The van der Waals surface area contributed by atoms with E-state index in [9.17, 15) is 4.79 Å². The Labute approximate surface area is 118 Å². The van der Waals surface area contributed by atoms with Gasteiger partial charge in [-0.25, -0.2) is 4.79 Å². The molecule has 0 amide bonds. The first kappa shape index (κ1) is 22.4. The first-order valence-corrected chi connectivity index (χ1v) is 6.33. The van der Waals surface area contributed by atoms with Crippen LogP contribution in [0.15, 0.2) is 62.3 Å². The molecule has 0 rings (SSSR count). The largest absolute Gasteiger partial charge is 0.478 e. The Bertz CT molecular complexity index is 270. The Morgan fingerprint density at radius 2 is 1.37 bits per heavy atom. The van der Waals surface area contributed by atoms with E-state index in [2.05, 4.69) is 26.3 Å². The minimum atomic E-state index is -0.845. The van der Waals surface area contributed by atoms with Gasteiger partial charge in [0.1, 0.15) is 0 Å². The summed E-state index contributed by atoms with van der Waals surface area (Å²) in [6.07, 6.45) is 13.6. The molecule has 19 heavy (non-hydrogen) atoms. The van der Waals surface area contributed by atoms with Crippen molar-refractivity contribution < 1.29 is 9.90 Å². The summed E-state index contributed by atoms with van der Waals surface area (Å²) < 4.78 is 0. The molecule has 0 fully saturated rings. The van der Waals surface area contributed by atoms with Gasteiger partial charge in [-0.05, 0) is 39.5 Å². The van der Waals surface area contributed by atoms with Crippen LogP contribution in [0.1, 0.15) is 39.5 Å². The van der Waals surface area contributed by atoms with Crippen molar-refractivity contribution >= 4 is 5.97 Å². The molecular weight excluding hydrogens is 236 g/mol. The number of allylic oxidation sites excluding steroid dienone is 5. The highest BCUT2D eigenvalue weighted by Gasteiger charge is 1.93. The van der Waals surface area contributed by atoms with Gasteiger partial charge in [-0.3, -0.25) is 0 Å². The minimum Gasteiger partial charge on any atom is -0.478 e. The van der Waals surface area contributed by atoms with Crippen LogP contribution in [-0.2, 0) is 4.79 Å². The van der Waals surface area contributed by atoms with E-state index in [0.717, 1.165) is 12.8 Å². The molecule has 0 atom stereocenters. The van der Waals surface area contributed by atoms with Crippen molar-refractivity contribution in [2.24, 2.45) is 0 Å². The number of hydrogen-bond acceptors (Lipinski definition) is 1. The Balaban J connectivity index is -0.000000214. The van der Waals surface area contributed by atoms with Gasteiger partial charge in [0.25, 0.3) is 0 Å². The standard InChI is InChI=1S/C8H14.C5H8O2.C4H6/c1-3-5-7-8-6-4-2;1-3-4(2)5(6)7;1-3-4-2/h3-4H,1-2,5-8H2;3H,1-2H3,(H,6,7);3-4H,1-2H2. The summed E-state index contributed by atoms with van der Waals surface area (Å²) in [5, 5.41) is 8.11. The van der Waals surface area contributed by atoms with Crippen LogP contribution in [0.4, 0.5) is 0 Å². The maximum atomic E-state index is 9.86. The van der Waals surface area contributed by atoms with Crippen molar-refractivity contribution in [2.45, 2.75) is 39.5 Å². The second kappa shape index (κ2) is 21.5. The monoisotopic (exact) mass is 264 g/mol. The number of carboxylic acids is 1. The minimum absolute atomic E-state index is 0.389. The molecule has 0 aromatic rings. The molecule has 0 aromatic carbocycles. The van der Waals surface area contributed by atoms with Crippen molar-refractivity contribution in [3.63, 3.8) is 0 Å². The van der Waals surface area contributed by atoms with Crippen LogP contribution >= 0.6 is 0 Å². The lowest BCUT2D eigenvalue weighted by molar-refractivity contribution is -0.132. The normalized spacial score (nSPS) is 8.84. The van der Waals surface area contributed by atoms with Crippen LogP contribution in [-0.4, -0.2) is 11.1 Å². The number of rotatable bonds is 7. The van der Waals surface area contributed by atoms with E-state index in [4.69, 9.17) is 5.11 Å². The number of unbranched alkanes of at least 4 members (excludes halogenated alkanes) is 3. The summed E-state index contributed by atoms with van der Waals surface area (Å²) in [5.74, 6) is -0.845. The molecule has 0 bridgehead atoms. The molecule has 0 radical (unpaired) electrons. The van der Waals surface area contributed by atoms with Crippen molar-refractivity contribution in [1.29, 1.82) is 0 Å². The van der Waals surface area contributed by atoms with E-state index in [1.165, 1.54) is 12.8 Å². The zero-order valence-electron chi connectivity index (χ0n) is 12.4. The maximum Gasteiger partial charge on any atom is 0.330 e. The third kappa shape index (κ3) is 31.4. The smallest absolute Gasteiger partial charge is 0.330 e. The molecule has 2 nitrogen and oxygen atoms in total. The van der Waals surface area contributed by atoms with E-state index < -0.39 is 5.97 Å². The molecule has 0 aliphatic carbocycles. The molecule has 0 saturated heterocycles. The molecule has 0 aliphatic heterocycles. The van der Waals surface area contributed by atoms with Gasteiger partial charge in [-0.15, -0.1) is 13.2 Å². The third-order valence-electron chi connectivity index (χ3n) is 2.00. The van der Waals surface area contributed by atoms with Crippen molar-refractivity contribution in [2.75, 3.05) is 0 Å². The molecule has 0 spiro atoms. The molecule has 0 heterocycles. The Morgan fingerprint density at radius 1 is 1.00 bits per heavy atom. The van der Waals surface area contributed by atoms with Gasteiger partial charge in [-0.2, -0.15) is 0 Å². The SMILES string of the molecule is C=CC=C.C=CCCCCC=C.CC=C(C)C(=O)O. The fourth-order valence-corrected chi connectivity index (χ4v) is 0.701. The molecule has 0 aromatic heterocycles. The summed E-state index contributed by atoms with van der Waals surface area (Å²) in [6.45, 7) is 17.2. The topological polar surface area (TPSA) is 37.3 Å². The average Bonchev–Trinajstić information content (AvgIpc) is 2.43. The molecule has 0 saturated carbocycles. The highest BCUT2D eigenvalue weighted by atomic mass is 16.4. The van der Waals surface area contributed by atoms with Crippen LogP contribution < -0.4 is 0 Å². The summed E-state index contributed by atoms with van der Waals surface area (Å²) in [4.78, 5) is 9.86. The van der Waals surface area contributed by atoms with Gasteiger partial charge >= 0.3 is 5.97 Å². The zero-order chi connectivity index (χ0) is 15.5. The highest BCUT2D eigenvalue weighted by Crippen LogP contribution is 1.99. The van der Waals surface area contributed by atoms with Crippen LogP contribution in [0, 0.1) is 0 Å². The van der Waals surface area contributed by atoms with Gasteiger partial charge < -0.3 is 5.11 Å². The molecule has 2 heteroatoms. The van der Waals surface area contributed by atoms with Crippen molar-refractivity contribution in [1.82, 2.24) is 0 Å². The lowest BCUT2D eigenvalue weighted by Crippen LogP contribution is -1.93. The molecular formula is C17H28O2. The van der Waals surface area contributed by atoms with E-state index in [1.807, 2.05) is 12.2 Å². The lowest BCUT2D eigenvalue weighted by Gasteiger charge is -1.89. The first-order valence-electron chi connectivity index (χ1n) is 6.33. The fourth-order valence-electron chi connectivity index (χ4n) is 0.701. The lowest BCUT2D eigenvalue weighted by atomic mass is 10.2. The van der Waals surface area contributed by atoms with Crippen molar-refractivity contribution in [3.05, 3.63) is 62.3 Å². The van der Waals surface area contributed by atoms with Gasteiger partial charge in [0.15, 0.2) is 0 Å². The number of aliphatic carboxylic acids is 1. The van der Waals surface area contributed by atoms with Crippen LogP contribution in [0.2, 0.25) is 0 Å². The quantitative estimate of drug-likeness (QED) is 0.292. The Hall–Kier alpha value is -1.83. The molecule has 108 valence electrons. The summed E-state index contributed by atoms with van der Waals surface area (Å²) in [6, 6.07) is 0. The summed E-state index contributed by atoms with van der Waals surface area (Å²) in [7, 11) is 0. The zero-order valence-corrected chi connectivity index (χ0v) is 12.4. The van der Waals surface area contributed by atoms with Crippen LogP contribution in [0.25, 0.3) is 0 Å². The van der Waals surface area contributed by atoms with Gasteiger partial charge in [0.2, 0.25) is 0 Å². The van der Waals surface area contributed by atoms with E-state index in [1.54, 1.807) is 32.1 Å². The van der Waals surface area contributed by atoms with Crippen LogP contribution in [0.3, 0.4) is 0 Å². The van der Waals surface area contributed by atoms with Gasteiger partial charge in [0, 0.05) is 5.57 Å². The summed E-state index contributed by atoms with van der Waals surface area (Å²) >= 11 is 0. The molecule has 1 N–H and O–H groups in total. The molecule has 0 unspecified atom stereocenters. The predicted octanol–water partition coefficient (Wildman–Crippen LogP) is 5.31. The Morgan fingerprint density at radius 3 is 1.47 bits per heavy atom. The Kier molecular flexibility index (Phi) is 25.2. The van der Waals surface area contributed by atoms with E-state index in [-0.39, 0.29) is 0 Å².